The molecule has 0 spiro atoms. The van der Waals surface area contributed by atoms with Crippen molar-refractivity contribution >= 4 is 27.5 Å². The second kappa shape index (κ2) is 10.5. The molecule has 34 heavy (non-hydrogen) atoms. The Morgan fingerprint density at radius 2 is 1.35 bits per heavy atom. The summed E-state index contributed by atoms with van der Waals surface area (Å²) >= 11 is 0. The van der Waals surface area contributed by atoms with Crippen LogP contribution in [0.25, 0.3) is 0 Å². The summed E-state index contributed by atoms with van der Waals surface area (Å²) in [5.74, 6) is -1.70. The highest BCUT2D eigenvalue weighted by Gasteiger charge is 2.28. The molecular formula is C24H29FN4O4S. The number of amides is 2. The second-order valence-electron chi connectivity index (χ2n) is 8.61. The monoisotopic (exact) mass is 488 g/mol. The molecule has 4 rings (SSSR count). The first-order chi connectivity index (χ1) is 16.4. The molecule has 0 aliphatic carbocycles. The van der Waals surface area contributed by atoms with Gasteiger partial charge in [-0.1, -0.05) is 6.42 Å². The molecule has 182 valence electrons. The molecule has 0 aromatic heterocycles. The maximum Gasteiger partial charge on any atom is 0.271 e. The molecule has 10 heteroatoms. The van der Waals surface area contributed by atoms with E-state index in [1.54, 1.807) is 12.1 Å². The van der Waals surface area contributed by atoms with Crippen molar-refractivity contribution < 1.29 is 22.4 Å². The number of hydrazine groups is 1. The molecule has 2 heterocycles. The van der Waals surface area contributed by atoms with Gasteiger partial charge in [0, 0.05) is 37.4 Å². The van der Waals surface area contributed by atoms with Crippen LogP contribution in [0.2, 0.25) is 0 Å². The Bertz CT molecular complexity index is 1140. The maximum atomic E-state index is 13.2. The van der Waals surface area contributed by atoms with Crippen molar-refractivity contribution in [3.05, 3.63) is 59.4 Å². The molecule has 2 aliphatic rings. The van der Waals surface area contributed by atoms with Gasteiger partial charge >= 0.3 is 0 Å². The van der Waals surface area contributed by atoms with Crippen LogP contribution in [0.1, 0.15) is 59.2 Å². The van der Waals surface area contributed by atoms with Crippen molar-refractivity contribution in [3.8, 4) is 0 Å². The highest BCUT2D eigenvalue weighted by Crippen LogP contribution is 2.29. The van der Waals surface area contributed by atoms with E-state index < -0.39 is 27.7 Å². The van der Waals surface area contributed by atoms with Crippen LogP contribution in [0.4, 0.5) is 10.1 Å². The smallest absolute Gasteiger partial charge is 0.271 e. The lowest BCUT2D eigenvalue weighted by atomic mass is 10.1. The molecule has 0 saturated carbocycles. The highest BCUT2D eigenvalue weighted by molar-refractivity contribution is 7.89. The van der Waals surface area contributed by atoms with E-state index in [4.69, 9.17) is 0 Å². The van der Waals surface area contributed by atoms with Crippen molar-refractivity contribution in [2.75, 3.05) is 31.1 Å². The van der Waals surface area contributed by atoms with E-state index in [0.29, 0.717) is 18.8 Å². The molecular weight excluding hydrogens is 459 g/mol. The fourth-order valence-corrected chi connectivity index (χ4v) is 5.92. The maximum absolute atomic E-state index is 13.2. The van der Waals surface area contributed by atoms with E-state index in [1.165, 1.54) is 22.5 Å². The summed E-state index contributed by atoms with van der Waals surface area (Å²) in [7, 11) is -3.73. The minimum atomic E-state index is -3.73. The summed E-state index contributed by atoms with van der Waals surface area (Å²) in [5.41, 5.74) is 5.70. The van der Waals surface area contributed by atoms with Gasteiger partial charge in [-0.25, -0.2) is 12.8 Å². The number of rotatable bonds is 5. The Kier molecular flexibility index (Phi) is 7.47. The average molecular weight is 489 g/mol. The lowest BCUT2D eigenvalue weighted by Crippen LogP contribution is -2.42. The Hall–Kier alpha value is -2.98. The van der Waals surface area contributed by atoms with E-state index in [0.717, 1.165) is 63.7 Å². The zero-order chi connectivity index (χ0) is 24.1. The van der Waals surface area contributed by atoms with Crippen LogP contribution in [0, 0.1) is 5.82 Å². The summed E-state index contributed by atoms with van der Waals surface area (Å²) in [4.78, 5) is 27.6. The van der Waals surface area contributed by atoms with E-state index in [-0.39, 0.29) is 16.0 Å². The first-order valence-corrected chi connectivity index (χ1v) is 13.1. The van der Waals surface area contributed by atoms with Crippen molar-refractivity contribution in [3.63, 3.8) is 0 Å². The lowest BCUT2D eigenvalue weighted by molar-refractivity contribution is 0.0846. The molecule has 0 radical (unpaired) electrons. The van der Waals surface area contributed by atoms with Crippen LogP contribution in [0.3, 0.4) is 0 Å². The van der Waals surface area contributed by atoms with Gasteiger partial charge in [0.2, 0.25) is 10.0 Å². The van der Waals surface area contributed by atoms with Crippen LogP contribution in [-0.4, -0.2) is 50.7 Å². The third-order valence-corrected chi connectivity index (χ3v) is 8.15. The molecule has 2 amide bonds. The first-order valence-electron chi connectivity index (χ1n) is 11.6. The van der Waals surface area contributed by atoms with Gasteiger partial charge in [-0.3, -0.25) is 20.4 Å². The third-order valence-electron chi connectivity index (χ3n) is 6.26. The van der Waals surface area contributed by atoms with Gasteiger partial charge in [-0.05, 0) is 74.6 Å². The van der Waals surface area contributed by atoms with Crippen molar-refractivity contribution in [1.29, 1.82) is 0 Å². The number of nitrogens with zero attached hydrogens (tertiary/aromatic N) is 2. The largest absolute Gasteiger partial charge is 0.371 e. The number of carbonyl (C=O) groups excluding carboxylic acids is 2. The summed E-state index contributed by atoms with van der Waals surface area (Å²) < 4.78 is 41.0. The number of anilines is 1. The SMILES string of the molecule is O=C(NNC(=O)c1cc(S(=O)(=O)N2CCCCC2)ccc1N1CCCCC1)c1ccc(F)cc1. The number of hydrogen-bond acceptors (Lipinski definition) is 5. The first kappa shape index (κ1) is 24.2. The van der Waals surface area contributed by atoms with E-state index in [9.17, 15) is 22.4 Å². The van der Waals surface area contributed by atoms with Gasteiger partial charge in [-0.2, -0.15) is 4.31 Å². The van der Waals surface area contributed by atoms with Crippen molar-refractivity contribution in [2.45, 2.75) is 43.4 Å². The topological polar surface area (TPSA) is 98.8 Å². The molecule has 0 atom stereocenters. The number of piperidine rings is 2. The molecule has 2 fully saturated rings. The molecule has 2 saturated heterocycles. The summed E-state index contributed by atoms with van der Waals surface area (Å²) in [6.45, 7) is 2.46. The minimum Gasteiger partial charge on any atom is -0.371 e. The third kappa shape index (κ3) is 5.39. The van der Waals surface area contributed by atoms with Crippen molar-refractivity contribution in [1.82, 2.24) is 15.2 Å². The van der Waals surface area contributed by atoms with Gasteiger partial charge in [-0.15, -0.1) is 0 Å². The molecule has 8 nitrogen and oxygen atoms in total. The molecule has 2 aliphatic heterocycles. The predicted octanol–water partition coefficient (Wildman–Crippen LogP) is 3.07. The summed E-state index contributed by atoms with van der Waals surface area (Å²) in [6, 6.07) is 9.55. The molecule has 0 bridgehead atoms. The zero-order valence-corrected chi connectivity index (χ0v) is 19.7. The Labute approximate surface area is 199 Å². The van der Waals surface area contributed by atoms with E-state index in [2.05, 4.69) is 15.8 Å². The number of hydrogen-bond donors (Lipinski definition) is 2. The molecule has 2 N–H and O–H groups in total. The number of nitrogens with one attached hydrogen (secondary N) is 2. The number of halogens is 1. The molecule has 2 aromatic rings. The highest BCUT2D eigenvalue weighted by atomic mass is 32.2. The fraction of sp³-hybridized carbons (Fsp3) is 0.417. The Morgan fingerprint density at radius 1 is 0.765 bits per heavy atom. The summed E-state index contributed by atoms with van der Waals surface area (Å²) in [6.07, 6.45) is 5.70. The van der Waals surface area contributed by atoms with Crippen LogP contribution in [0.15, 0.2) is 47.4 Å². The molecule has 2 aromatic carbocycles. The average Bonchev–Trinajstić information content (AvgIpc) is 2.88. The Balaban J connectivity index is 1.59. The van der Waals surface area contributed by atoms with Crippen LogP contribution >= 0.6 is 0 Å². The lowest BCUT2D eigenvalue weighted by Gasteiger charge is -2.31. The van der Waals surface area contributed by atoms with Gasteiger partial charge < -0.3 is 4.90 Å². The quantitative estimate of drug-likeness (QED) is 0.631. The number of benzene rings is 2. The summed E-state index contributed by atoms with van der Waals surface area (Å²) in [5, 5.41) is 0. The number of sulfonamides is 1. The van der Waals surface area contributed by atoms with Crippen LogP contribution in [0.5, 0.6) is 0 Å². The van der Waals surface area contributed by atoms with Crippen LogP contribution < -0.4 is 15.8 Å². The molecule has 0 unspecified atom stereocenters. The normalized spacial score (nSPS) is 17.3. The van der Waals surface area contributed by atoms with Gasteiger partial charge in [0.1, 0.15) is 5.82 Å². The van der Waals surface area contributed by atoms with Gasteiger partial charge in [0.15, 0.2) is 0 Å². The zero-order valence-electron chi connectivity index (χ0n) is 18.9. The number of carbonyl (C=O) groups is 2. The fourth-order valence-electron chi connectivity index (χ4n) is 4.38. The van der Waals surface area contributed by atoms with E-state index in [1.807, 2.05) is 0 Å². The minimum absolute atomic E-state index is 0.0603. The second-order valence-corrected chi connectivity index (χ2v) is 10.5. The standard InChI is InChI=1S/C24H29FN4O4S/c25-19-9-7-18(8-10-19)23(30)26-27-24(31)21-17-20(34(32,33)29-15-5-2-6-16-29)11-12-22(21)28-13-3-1-4-14-28/h7-12,17H,1-6,13-16H2,(H,26,30)(H,27,31). The Morgan fingerprint density at radius 3 is 2.00 bits per heavy atom. The van der Waals surface area contributed by atoms with Gasteiger partial charge in [0.25, 0.3) is 11.8 Å². The van der Waals surface area contributed by atoms with E-state index >= 15 is 0 Å². The van der Waals surface area contributed by atoms with Gasteiger partial charge in [0.05, 0.1) is 10.5 Å². The van der Waals surface area contributed by atoms with Crippen LogP contribution in [-0.2, 0) is 10.0 Å². The van der Waals surface area contributed by atoms with Crippen molar-refractivity contribution in [2.24, 2.45) is 0 Å². The predicted molar refractivity (Wildman–Crippen MR) is 126 cm³/mol.